The molecule has 144 valence electrons. The standard InChI is InChI=1S/C20H22BrClN2O3/c1-3-23-20(26)14(2)24(12-15-7-5-4-6-8-15)19(25)13-27-18-10-9-16(21)11-17(18)22/h4-11,14H,3,12-13H2,1-2H3,(H,23,26). The molecule has 5 nitrogen and oxygen atoms in total. The monoisotopic (exact) mass is 452 g/mol. The van der Waals surface area contributed by atoms with Crippen molar-refractivity contribution in [1.29, 1.82) is 0 Å². The fourth-order valence-electron chi connectivity index (χ4n) is 2.50. The largest absolute Gasteiger partial charge is 0.482 e. The van der Waals surface area contributed by atoms with Gasteiger partial charge in [-0.2, -0.15) is 0 Å². The zero-order chi connectivity index (χ0) is 19.8. The smallest absolute Gasteiger partial charge is 0.261 e. The molecule has 0 heterocycles. The zero-order valence-electron chi connectivity index (χ0n) is 15.2. The van der Waals surface area contributed by atoms with E-state index in [2.05, 4.69) is 21.2 Å². The van der Waals surface area contributed by atoms with Crippen molar-refractivity contribution in [1.82, 2.24) is 10.2 Å². The molecule has 1 unspecified atom stereocenters. The van der Waals surface area contributed by atoms with Gasteiger partial charge in [0, 0.05) is 17.6 Å². The molecule has 27 heavy (non-hydrogen) atoms. The molecule has 0 fully saturated rings. The Morgan fingerprint density at radius 1 is 1.22 bits per heavy atom. The van der Waals surface area contributed by atoms with E-state index >= 15 is 0 Å². The number of nitrogens with zero attached hydrogens (tertiary/aromatic N) is 1. The van der Waals surface area contributed by atoms with Crippen molar-refractivity contribution in [2.45, 2.75) is 26.4 Å². The second-order valence-corrected chi connectivity index (χ2v) is 7.26. The lowest BCUT2D eigenvalue weighted by Crippen LogP contribution is -2.49. The minimum Gasteiger partial charge on any atom is -0.482 e. The van der Waals surface area contributed by atoms with E-state index in [-0.39, 0.29) is 18.4 Å². The second kappa shape index (κ2) is 10.3. The number of halogens is 2. The summed E-state index contributed by atoms with van der Waals surface area (Å²) in [5, 5.41) is 3.16. The Bertz CT molecular complexity index is 786. The van der Waals surface area contributed by atoms with Crippen molar-refractivity contribution in [3.8, 4) is 5.75 Å². The molecule has 0 radical (unpaired) electrons. The predicted octanol–water partition coefficient (Wildman–Crippen LogP) is 4.03. The van der Waals surface area contributed by atoms with E-state index in [1.807, 2.05) is 37.3 Å². The molecular weight excluding hydrogens is 432 g/mol. The van der Waals surface area contributed by atoms with Crippen LogP contribution < -0.4 is 10.1 Å². The normalized spacial score (nSPS) is 11.6. The summed E-state index contributed by atoms with van der Waals surface area (Å²) in [5.74, 6) is -0.0846. The third-order valence-corrected chi connectivity index (χ3v) is 4.75. The highest BCUT2D eigenvalue weighted by atomic mass is 79.9. The summed E-state index contributed by atoms with van der Waals surface area (Å²) < 4.78 is 6.41. The first-order chi connectivity index (χ1) is 12.9. The van der Waals surface area contributed by atoms with Gasteiger partial charge in [-0.15, -0.1) is 0 Å². The lowest BCUT2D eigenvalue weighted by molar-refractivity contribution is -0.142. The van der Waals surface area contributed by atoms with Crippen LogP contribution in [0.5, 0.6) is 5.75 Å². The van der Waals surface area contributed by atoms with Crippen molar-refractivity contribution in [2.75, 3.05) is 13.2 Å². The van der Waals surface area contributed by atoms with Crippen LogP contribution in [0.4, 0.5) is 0 Å². The van der Waals surface area contributed by atoms with Gasteiger partial charge in [0.25, 0.3) is 5.91 Å². The number of amides is 2. The summed E-state index contributed by atoms with van der Waals surface area (Å²) in [6.45, 7) is 4.15. The predicted molar refractivity (Wildman–Crippen MR) is 110 cm³/mol. The van der Waals surface area contributed by atoms with Gasteiger partial charge >= 0.3 is 0 Å². The number of benzene rings is 2. The Kier molecular flexibility index (Phi) is 8.13. The molecule has 0 saturated heterocycles. The van der Waals surface area contributed by atoms with E-state index in [0.717, 1.165) is 10.0 Å². The quantitative estimate of drug-likeness (QED) is 0.656. The third kappa shape index (κ3) is 6.26. The Morgan fingerprint density at radius 2 is 1.93 bits per heavy atom. The Labute approximate surface area is 172 Å². The lowest BCUT2D eigenvalue weighted by Gasteiger charge is -2.28. The number of carbonyl (C=O) groups excluding carboxylic acids is 2. The molecule has 0 saturated carbocycles. The SMILES string of the molecule is CCNC(=O)C(C)N(Cc1ccccc1)C(=O)COc1ccc(Br)cc1Cl. The fraction of sp³-hybridized carbons (Fsp3) is 0.300. The second-order valence-electron chi connectivity index (χ2n) is 5.94. The maximum absolute atomic E-state index is 12.8. The van der Waals surface area contributed by atoms with Gasteiger partial charge in [0.1, 0.15) is 11.8 Å². The molecule has 0 aliphatic rings. The van der Waals surface area contributed by atoms with E-state index in [4.69, 9.17) is 16.3 Å². The summed E-state index contributed by atoms with van der Waals surface area (Å²) >= 11 is 9.46. The van der Waals surface area contributed by atoms with Crippen LogP contribution in [0, 0.1) is 0 Å². The van der Waals surface area contributed by atoms with Crippen LogP contribution in [-0.4, -0.2) is 35.9 Å². The first-order valence-electron chi connectivity index (χ1n) is 8.61. The lowest BCUT2D eigenvalue weighted by atomic mass is 10.1. The number of likely N-dealkylation sites (N-methyl/N-ethyl adjacent to an activating group) is 1. The summed E-state index contributed by atoms with van der Waals surface area (Å²) in [7, 11) is 0. The Morgan fingerprint density at radius 3 is 2.56 bits per heavy atom. The Balaban J connectivity index is 2.13. The molecule has 2 rings (SSSR count). The van der Waals surface area contributed by atoms with Gasteiger partial charge < -0.3 is 15.0 Å². The van der Waals surface area contributed by atoms with E-state index in [1.54, 1.807) is 25.1 Å². The number of nitrogens with one attached hydrogen (secondary N) is 1. The molecule has 7 heteroatoms. The molecule has 2 aromatic carbocycles. The molecular formula is C20H22BrClN2O3. The molecule has 0 aliphatic heterocycles. The van der Waals surface area contributed by atoms with Gasteiger partial charge in [0.15, 0.2) is 6.61 Å². The van der Waals surface area contributed by atoms with Gasteiger partial charge in [-0.05, 0) is 37.6 Å². The van der Waals surface area contributed by atoms with Crippen molar-refractivity contribution < 1.29 is 14.3 Å². The van der Waals surface area contributed by atoms with Crippen LogP contribution >= 0.6 is 27.5 Å². The van der Waals surface area contributed by atoms with Crippen LogP contribution in [0.1, 0.15) is 19.4 Å². The van der Waals surface area contributed by atoms with Gasteiger partial charge in [-0.3, -0.25) is 9.59 Å². The molecule has 1 N–H and O–H groups in total. The van der Waals surface area contributed by atoms with Gasteiger partial charge in [-0.1, -0.05) is 57.9 Å². The minimum atomic E-state index is -0.623. The maximum atomic E-state index is 12.8. The average Bonchev–Trinajstić information content (AvgIpc) is 2.65. The number of carbonyl (C=O) groups is 2. The molecule has 2 amide bonds. The van der Waals surface area contributed by atoms with E-state index in [0.29, 0.717) is 23.9 Å². The summed E-state index contributed by atoms with van der Waals surface area (Å²) in [5.41, 5.74) is 0.934. The molecule has 0 aromatic heterocycles. The summed E-state index contributed by atoms with van der Waals surface area (Å²) in [6, 6.07) is 14.1. The zero-order valence-corrected chi connectivity index (χ0v) is 17.6. The van der Waals surface area contributed by atoms with Crippen molar-refractivity contribution >= 4 is 39.3 Å². The van der Waals surface area contributed by atoms with Crippen molar-refractivity contribution in [3.63, 3.8) is 0 Å². The van der Waals surface area contributed by atoms with E-state index in [9.17, 15) is 9.59 Å². The average molecular weight is 454 g/mol. The van der Waals surface area contributed by atoms with Crippen molar-refractivity contribution in [2.24, 2.45) is 0 Å². The van der Waals surface area contributed by atoms with Crippen LogP contribution in [-0.2, 0) is 16.1 Å². The Hall–Kier alpha value is -2.05. The fourth-order valence-corrected chi connectivity index (χ4v) is 3.23. The molecule has 1 atom stereocenters. The number of ether oxygens (including phenoxy) is 1. The summed E-state index contributed by atoms with van der Waals surface area (Å²) in [6.07, 6.45) is 0. The highest BCUT2D eigenvalue weighted by Crippen LogP contribution is 2.27. The van der Waals surface area contributed by atoms with Gasteiger partial charge in [-0.25, -0.2) is 0 Å². The summed E-state index contributed by atoms with van der Waals surface area (Å²) in [4.78, 5) is 26.6. The molecule has 2 aromatic rings. The number of hydrogen-bond acceptors (Lipinski definition) is 3. The molecule has 0 spiro atoms. The van der Waals surface area contributed by atoms with E-state index in [1.165, 1.54) is 4.90 Å². The van der Waals surface area contributed by atoms with E-state index < -0.39 is 6.04 Å². The van der Waals surface area contributed by atoms with Crippen LogP contribution in [0.25, 0.3) is 0 Å². The highest BCUT2D eigenvalue weighted by molar-refractivity contribution is 9.10. The highest BCUT2D eigenvalue weighted by Gasteiger charge is 2.26. The molecule has 0 aliphatic carbocycles. The minimum absolute atomic E-state index is 0.205. The number of rotatable bonds is 8. The van der Waals surface area contributed by atoms with Gasteiger partial charge in [0.2, 0.25) is 5.91 Å². The van der Waals surface area contributed by atoms with Crippen molar-refractivity contribution in [3.05, 3.63) is 63.6 Å². The first kappa shape index (κ1) is 21.3. The number of hydrogen-bond donors (Lipinski definition) is 1. The third-order valence-electron chi connectivity index (χ3n) is 3.96. The topological polar surface area (TPSA) is 58.6 Å². The van der Waals surface area contributed by atoms with Crippen LogP contribution in [0.2, 0.25) is 5.02 Å². The van der Waals surface area contributed by atoms with Crippen LogP contribution in [0.3, 0.4) is 0 Å². The maximum Gasteiger partial charge on any atom is 0.261 e. The van der Waals surface area contributed by atoms with Crippen LogP contribution in [0.15, 0.2) is 53.0 Å². The first-order valence-corrected chi connectivity index (χ1v) is 9.78. The molecule has 0 bridgehead atoms. The van der Waals surface area contributed by atoms with Gasteiger partial charge in [0.05, 0.1) is 5.02 Å².